The number of rotatable bonds is 9. The molecule has 8 heteroatoms. The Balaban J connectivity index is 1.53. The van der Waals surface area contributed by atoms with E-state index in [-0.39, 0.29) is 12.2 Å². The van der Waals surface area contributed by atoms with Crippen molar-refractivity contribution in [3.63, 3.8) is 0 Å². The number of allylic oxidation sites excluding steroid dienone is 1. The lowest BCUT2D eigenvalue weighted by Gasteiger charge is -2.13. The number of para-hydroxylation sites is 1. The third-order valence-electron chi connectivity index (χ3n) is 4.97. The van der Waals surface area contributed by atoms with Gasteiger partial charge in [-0.05, 0) is 36.2 Å². The van der Waals surface area contributed by atoms with E-state index in [0.29, 0.717) is 28.6 Å². The smallest absolute Gasteiger partial charge is 0.263 e. The fourth-order valence-corrected chi connectivity index (χ4v) is 4.20. The Morgan fingerprint density at radius 2 is 1.97 bits per heavy atom. The van der Waals surface area contributed by atoms with Gasteiger partial charge in [-0.3, -0.25) is 13.8 Å². The number of aryl methyl sites for hydroxylation is 1. The zero-order valence-corrected chi connectivity index (χ0v) is 18.1. The Morgan fingerprint density at radius 1 is 1.19 bits per heavy atom. The second-order valence-corrected chi connectivity index (χ2v) is 8.10. The minimum atomic E-state index is -0.687. The van der Waals surface area contributed by atoms with Gasteiger partial charge in [0.2, 0.25) is 5.78 Å². The van der Waals surface area contributed by atoms with Crippen molar-refractivity contribution < 1.29 is 9.84 Å². The highest BCUT2D eigenvalue weighted by Gasteiger charge is 2.17. The van der Waals surface area contributed by atoms with Crippen LogP contribution in [0.5, 0.6) is 5.75 Å². The van der Waals surface area contributed by atoms with Gasteiger partial charge < -0.3 is 9.84 Å². The van der Waals surface area contributed by atoms with Gasteiger partial charge in [-0.1, -0.05) is 49.0 Å². The van der Waals surface area contributed by atoms with Gasteiger partial charge in [0.25, 0.3) is 5.56 Å². The first-order valence-corrected chi connectivity index (χ1v) is 11.1. The molecule has 7 nitrogen and oxygen atoms in total. The highest BCUT2D eigenvalue weighted by atomic mass is 32.2. The van der Waals surface area contributed by atoms with Crippen LogP contribution in [0.4, 0.5) is 0 Å². The van der Waals surface area contributed by atoms with Gasteiger partial charge in [0, 0.05) is 12.3 Å². The van der Waals surface area contributed by atoms with Crippen LogP contribution in [-0.2, 0) is 13.0 Å². The molecule has 2 aromatic heterocycles. The summed E-state index contributed by atoms with van der Waals surface area (Å²) in [5.74, 6) is 1.56. The van der Waals surface area contributed by atoms with Crippen molar-refractivity contribution >= 4 is 28.4 Å². The van der Waals surface area contributed by atoms with Gasteiger partial charge in [-0.2, -0.15) is 0 Å². The lowest BCUT2D eigenvalue weighted by Crippen LogP contribution is -2.23. The number of fused-ring (bicyclic) bond motifs is 3. The number of benzene rings is 2. The van der Waals surface area contributed by atoms with Crippen LogP contribution in [-0.4, -0.2) is 42.7 Å². The summed E-state index contributed by atoms with van der Waals surface area (Å²) in [5.41, 5.74) is 1.84. The van der Waals surface area contributed by atoms with E-state index in [1.165, 1.54) is 17.3 Å². The average Bonchev–Trinajstić information content (AvgIpc) is 3.23. The Bertz CT molecular complexity index is 1260. The fourth-order valence-electron chi connectivity index (χ4n) is 3.35. The quantitative estimate of drug-likeness (QED) is 0.320. The zero-order chi connectivity index (χ0) is 21.8. The van der Waals surface area contributed by atoms with Gasteiger partial charge in [0.1, 0.15) is 12.4 Å². The molecule has 1 unspecified atom stereocenters. The van der Waals surface area contributed by atoms with Crippen molar-refractivity contribution in [2.45, 2.75) is 31.1 Å². The van der Waals surface area contributed by atoms with Crippen LogP contribution >= 0.6 is 11.8 Å². The molecule has 0 saturated carbocycles. The van der Waals surface area contributed by atoms with Gasteiger partial charge in [0.05, 0.1) is 17.0 Å². The molecular formula is C23H24N4O3S. The molecule has 4 aromatic rings. The number of aliphatic hydroxyl groups excluding tert-OH is 1. The molecule has 1 atom stereocenters. The Hall–Kier alpha value is -3.10. The van der Waals surface area contributed by atoms with Gasteiger partial charge in [0.15, 0.2) is 5.16 Å². The van der Waals surface area contributed by atoms with Crippen LogP contribution in [0.15, 0.2) is 71.1 Å². The maximum absolute atomic E-state index is 12.8. The number of hydrogen-bond donors (Lipinski definition) is 1. The molecule has 0 amide bonds. The minimum Gasteiger partial charge on any atom is -0.491 e. The van der Waals surface area contributed by atoms with Crippen LogP contribution in [0, 0.1) is 0 Å². The van der Waals surface area contributed by atoms with Crippen molar-refractivity contribution in [1.29, 1.82) is 0 Å². The van der Waals surface area contributed by atoms with E-state index in [1.807, 2.05) is 46.9 Å². The van der Waals surface area contributed by atoms with Crippen molar-refractivity contribution in [3.8, 4) is 5.75 Å². The van der Waals surface area contributed by atoms with Crippen LogP contribution in [0.2, 0.25) is 0 Å². The summed E-state index contributed by atoms with van der Waals surface area (Å²) in [6.45, 7) is 6.35. The highest BCUT2D eigenvalue weighted by Crippen LogP contribution is 2.22. The predicted molar refractivity (Wildman–Crippen MR) is 123 cm³/mol. The first-order valence-electron chi connectivity index (χ1n) is 10.1. The molecule has 0 saturated heterocycles. The lowest BCUT2D eigenvalue weighted by atomic mass is 10.2. The number of aromatic nitrogens is 4. The van der Waals surface area contributed by atoms with Crippen molar-refractivity contribution in [2.24, 2.45) is 0 Å². The Morgan fingerprint density at radius 3 is 2.71 bits per heavy atom. The molecule has 0 spiro atoms. The SMILES string of the molecule is C=CCn1c(=O)c2ccccc2n2c(SCC(O)COc3ccc(CC)cc3)nnc12. The summed E-state index contributed by atoms with van der Waals surface area (Å²) in [6, 6.07) is 15.2. The van der Waals surface area contributed by atoms with Crippen LogP contribution in [0.25, 0.3) is 16.7 Å². The van der Waals surface area contributed by atoms with Crippen molar-refractivity contribution in [2.75, 3.05) is 12.4 Å². The van der Waals surface area contributed by atoms with E-state index in [2.05, 4.69) is 23.7 Å². The third kappa shape index (κ3) is 4.35. The standard InChI is InChI=1S/C23H24N4O3S/c1-3-13-26-21(29)19-7-5-6-8-20(19)27-22(26)24-25-23(27)31-15-17(28)14-30-18-11-9-16(4-2)10-12-18/h3,5-12,17,28H,1,4,13-15H2,2H3. The van der Waals surface area contributed by atoms with E-state index in [9.17, 15) is 9.90 Å². The Labute approximate surface area is 184 Å². The largest absolute Gasteiger partial charge is 0.491 e. The molecule has 0 aliphatic heterocycles. The molecule has 4 rings (SSSR count). The summed E-state index contributed by atoms with van der Waals surface area (Å²) < 4.78 is 9.10. The number of ether oxygens (including phenoxy) is 1. The third-order valence-corrected chi connectivity index (χ3v) is 6.04. The summed E-state index contributed by atoms with van der Waals surface area (Å²) in [7, 11) is 0. The Kier molecular flexibility index (Phi) is 6.39. The normalized spacial score (nSPS) is 12.3. The van der Waals surface area contributed by atoms with Gasteiger partial charge in [-0.25, -0.2) is 0 Å². The highest BCUT2D eigenvalue weighted by molar-refractivity contribution is 7.99. The number of hydrogen-bond acceptors (Lipinski definition) is 6. The molecule has 0 bridgehead atoms. The average molecular weight is 437 g/mol. The second kappa shape index (κ2) is 9.36. The molecule has 1 N–H and O–H groups in total. The topological polar surface area (TPSA) is 81.7 Å². The minimum absolute atomic E-state index is 0.130. The van der Waals surface area contributed by atoms with Crippen LogP contribution in [0.3, 0.4) is 0 Å². The molecular weight excluding hydrogens is 412 g/mol. The first kappa shape index (κ1) is 21.1. The maximum atomic E-state index is 12.8. The van der Waals surface area contributed by atoms with Crippen molar-refractivity contribution in [1.82, 2.24) is 19.2 Å². The van der Waals surface area contributed by atoms with E-state index in [0.717, 1.165) is 17.7 Å². The molecule has 160 valence electrons. The van der Waals surface area contributed by atoms with E-state index < -0.39 is 6.10 Å². The summed E-state index contributed by atoms with van der Waals surface area (Å²) in [4.78, 5) is 12.8. The maximum Gasteiger partial charge on any atom is 0.263 e. The lowest BCUT2D eigenvalue weighted by molar-refractivity contribution is 0.126. The van der Waals surface area contributed by atoms with Gasteiger partial charge in [-0.15, -0.1) is 16.8 Å². The molecule has 2 heterocycles. The van der Waals surface area contributed by atoms with E-state index >= 15 is 0 Å². The van der Waals surface area contributed by atoms with E-state index in [4.69, 9.17) is 4.74 Å². The van der Waals surface area contributed by atoms with E-state index in [1.54, 1.807) is 16.7 Å². The summed E-state index contributed by atoms with van der Waals surface area (Å²) in [5, 5.41) is 20.1. The van der Waals surface area contributed by atoms with Gasteiger partial charge >= 0.3 is 0 Å². The monoisotopic (exact) mass is 436 g/mol. The number of thioether (sulfide) groups is 1. The molecule has 2 aromatic carbocycles. The van der Waals surface area contributed by atoms with Crippen LogP contribution in [0.1, 0.15) is 12.5 Å². The fraction of sp³-hybridized carbons (Fsp3) is 0.261. The zero-order valence-electron chi connectivity index (χ0n) is 17.3. The number of nitrogens with zero attached hydrogens (tertiary/aromatic N) is 4. The molecule has 0 aliphatic carbocycles. The molecule has 0 radical (unpaired) electrons. The van der Waals surface area contributed by atoms with Crippen LogP contribution < -0.4 is 10.3 Å². The first-order chi connectivity index (χ1) is 15.1. The van der Waals surface area contributed by atoms with Crippen molar-refractivity contribution in [3.05, 3.63) is 77.1 Å². The molecule has 0 fully saturated rings. The summed E-state index contributed by atoms with van der Waals surface area (Å²) in [6.07, 6.45) is 1.95. The number of aliphatic hydroxyl groups is 1. The molecule has 0 aliphatic rings. The second-order valence-electron chi connectivity index (χ2n) is 7.11. The predicted octanol–water partition coefficient (Wildman–Crippen LogP) is 3.32. The summed E-state index contributed by atoms with van der Waals surface area (Å²) >= 11 is 1.37. The molecule has 31 heavy (non-hydrogen) atoms.